The van der Waals surface area contributed by atoms with Gasteiger partial charge in [0.1, 0.15) is 0 Å². The summed E-state index contributed by atoms with van der Waals surface area (Å²) in [5.41, 5.74) is 2.44. The maximum absolute atomic E-state index is 13.1. The van der Waals surface area contributed by atoms with Crippen molar-refractivity contribution in [3.63, 3.8) is 0 Å². The summed E-state index contributed by atoms with van der Waals surface area (Å²) in [5.74, 6) is -0.0658. The Labute approximate surface area is 152 Å². The second-order valence-corrected chi connectivity index (χ2v) is 6.39. The van der Waals surface area contributed by atoms with Gasteiger partial charge in [-0.1, -0.05) is 36.4 Å². The summed E-state index contributed by atoms with van der Waals surface area (Å²) in [5, 5.41) is 2.17. The van der Waals surface area contributed by atoms with Crippen molar-refractivity contribution in [2.24, 2.45) is 0 Å². The van der Waals surface area contributed by atoms with Gasteiger partial charge < -0.3 is 14.5 Å². The molecular weight excluding hydrogens is 326 g/mol. The lowest BCUT2D eigenvalue weighted by Crippen LogP contribution is -2.36. The van der Waals surface area contributed by atoms with Crippen LogP contribution in [0.3, 0.4) is 0 Å². The van der Waals surface area contributed by atoms with Crippen LogP contribution in [-0.4, -0.2) is 44.2 Å². The average Bonchev–Trinajstić information content (AvgIpc) is 2.73. The number of anilines is 2. The first kappa shape index (κ1) is 16.5. The monoisotopic (exact) mass is 347 g/mol. The van der Waals surface area contributed by atoms with E-state index in [1.165, 1.54) is 0 Å². The Morgan fingerprint density at radius 1 is 1.08 bits per heavy atom. The van der Waals surface area contributed by atoms with E-state index in [-0.39, 0.29) is 5.91 Å². The zero-order valence-electron chi connectivity index (χ0n) is 14.8. The molecule has 4 rings (SSSR count). The van der Waals surface area contributed by atoms with Gasteiger partial charge in [-0.15, -0.1) is 0 Å². The molecule has 0 saturated carbocycles. The Morgan fingerprint density at radius 2 is 1.85 bits per heavy atom. The quantitative estimate of drug-likeness (QED) is 0.729. The fourth-order valence-corrected chi connectivity index (χ4v) is 3.34. The van der Waals surface area contributed by atoms with Crippen LogP contribution in [0.25, 0.3) is 10.8 Å². The van der Waals surface area contributed by atoms with Crippen molar-refractivity contribution >= 4 is 28.1 Å². The van der Waals surface area contributed by atoms with Gasteiger partial charge in [-0.05, 0) is 17.5 Å². The third kappa shape index (κ3) is 3.13. The van der Waals surface area contributed by atoms with E-state index in [1.54, 1.807) is 17.3 Å². The van der Waals surface area contributed by atoms with Crippen LogP contribution >= 0.6 is 0 Å². The van der Waals surface area contributed by atoms with Gasteiger partial charge in [0.15, 0.2) is 0 Å². The number of morpholine rings is 1. The molecule has 1 saturated heterocycles. The Morgan fingerprint density at radius 3 is 2.69 bits per heavy atom. The van der Waals surface area contributed by atoms with E-state index in [2.05, 4.69) is 22.0 Å². The SMILES string of the molecule is CN(C(=O)c1cncc(N2CCOCC2)c1)c1cccc2ccccc12. The first-order valence-electron chi connectivity index (χ1n) is 8.77. The van der Waals surface area contributed by atoms with Crippen LogP contribution in [0, 0.1) is 0 Å². The fourth-order valence-electron chi connectivity index (χ4n) is 3.34. The smallest absolute Gasteiger partial charge is 0.259 e. The Hall–Kier alpha value is -2.92. The van der Waals surface area contributed by atoms with Crippen molar-refractivity contribution in [2.45, 2.75) is 0 Å². The van der Waals surface area contributed by atoms with Gasteiger partial charge in [-0.3, -0.25) is 9.78 Å². The van der Waals surface area contributed by atoms with Crippen LogP contribution in [0.5, 0.6) is 0 Å². The van der Waals surface area contributed by atoms with Gasteiger partial charge in [0.2, 0.25) is 0 Å². The predicted molar refractivity (Wildman–Crippen MR) is 104 cm³/mol. The number of benzene rings is 2. The van der Waals surface area contributed by atoms with E-state index in [9.17, 15) is 4.79 Å². The van der Waals surface area contributed by atoms with Crippen LogP contribution in [-0.2, 0) is 4.74 Å². The number of ether oxygens (including phenoxy) is 1. The van der Waals surface area contributed by atoms with E-state index in [4.69, 9.17) is 4.74 Å². The number of amides is 1. The molecule has 0 unspecified atom stereocenters. The molecule has 0 bridgehead atoms. The van der Waals surface area contributed by atoms with E-state index in [0.717, 1.165) is 35.2 Å². The highest BCUT2D eigenvalue weighted by atomic mass is 16.5. The Kier molecular flexibility index (Phi) is 4.54. The minimum atomic E-state index is -0.0658. The van der Waals surface area contributed by atoms with Gasteiger partial charge in [0.25, 0.3) is 5.91 Å². The number of nitrogens with zero attached hydrogens (tertiary/aromatic N) is 3. The molecular formula is C21H21N3O2. The molecule has 2 aromatic carbocycles. The van der Waals surface area contributed by atoms with E-state index < -0.39 is 0 Å². The Bertz CT molecular complexity index is 930. The normalized spacial score (nSPS) is 14.4. The lowest BCUT2D eigenvalue weighted by atomic mass is 10.1. The number of fused-ring (bicyclic) bond motifs is 1. The number of carbonyl (C=O) groups excluding carboxylic acids is 1. The van der Waals surface area contributed by atoms with Gasteiger partial charge in [-0.25, -0.2) is 0 Å². The fraction of sp³-hybridized carbons (Fsp3) is 0.238. The molecule has 1 aliphatic rings. The number of hydrogen-bond acceptors (Lipinski definition) is 4. The molecule has 0 N–H and O–H groups in total. The van der Waals surface area contributed by atoms with Crippen LogP contribution in [0.1, 0.15) is 10.4 Å². The number of hydrogen-bond donors (Lipinski definition) is 0. The molecule has 1 amide bonds. The first-order valence-corrected chi connectivity index (χ1v) is 8.77. The standard InChI is InChI=1S/C21H21N3O2/c1-23(20-8-4-6-16-5-2-3-7-19(16)20)21(25)17-13-18(15-22-14-17)24-9-11-26-12-10-24/h2-8,13-15H,9-12H2,1H3. The largest absolute Gasteiger partial charge is 0.378 e. The summed E-state index contributed by atoms with van der Waals surface area (Å²) in [7, 11) is 1.81. The molecule has 0 radical (unpaired) electrons. The highest BCUT2D eigenvalue weighted by molar-refractivity contribution is 6.10. The summed E-state index contributed by atoms with van der Waals surface area (Å²) in [4.78, 5) is 21.3. The van der Waals surface area contributed by atoms with Crippen molar-refractivity contribution < 1.29 is 9.53 Å². The van der Waals surface area contributed by atoms with Gasteiger partial charge in [0, 0.05) is 31.7 Å². The highest BCUT2D eigenvalue weighted by Crippen LogP contribution is 2.27. The van der Waals surface area contributed by atoms with Crippen molar-refractivity contribution in [2.75, 3.05) is 43.2 Å². The maximum atomic E-state index is 13.1. The highest BCUT2D eigenvalue weighted by Gasteiger charge is 2.18. The lowest BCUT2D eigenvalue weighted by Gasteiger charge is -2.29. The van der Waals surface area contributed by atoms with Gasteiger partial charge in [-0.2, -0.15) is 0 Å². The summed E-state index contributed by atoms with van der Waals surface area (Å²) in [6, 6.07) is 16.0. The van der Waals surface area contributed by atoms with Crippen molar-refractivity contribution in [3.05, 3.63) is 66.5 Å². The number of carbonyl (C=O) groups is 1. The molecule has 3 aromatic rings. The second-order valence-electron chi connectivity index (χ2n) is 6.39. The maximum Gasteiger partial charge on any atom is 0.259 e. The van der Waals surface area contributed by atoms with E-state index in [1.807, 2.05) is 43.4 Å². The summed E-state index contributed by atoms with van der Waals surface area (Å²) in [6.07, 6.45) is 3.44. The zero-order chi connectivity index (χ0) is 17.9. The summed E-state index contributed by atoms with van der Waals surface area (Å²) >= 11 is 0. The average molecular weight is 347 g/mol. The summed E-state index contributed by atoms with van der Waals surface area (Å²) < 4.78 is 5.40. The summed E-state index contributed by atoms with van der Waals surface area (Å²) in [6.45, 7) is 3.04. The van der Waals surface area contributed by atoms with E-state index >= 15 is 0 Å². The van der Waals surface area contributed by atoms with Crippen molar-refractivity contribution in [1.29, 1.82) is 0 Å². The van der Waals surface area contributed by atoms with Crippen LogP contribution < -0.4 is 9.80 Å². The van der Waals surface area contributed by atoms with Crippen LogP contribution in [0.4, 0.5) is 11.4 Å². The number of rotatable bonds is 3. The molecule has 2 heterocycles. The molecule has 1 fully saturated rings. The minimum absolute atomic E-state index is 0.0658. The van der Waals surface area contributed by atoms with Gasteiger partial charge >= 0.3 is 0 Å². The number of pyridine rings is 1. The molecule has 1 aliphatic heterocycles. The molecule has 0 atom stereocenters. The van der Waals surface area contributed by atoms with Crippen LogP contribution in [0.15, 0.2) is 60.9 Å². The predicted octanol–water partition coefficient (Wildman–Crippen LogP) is 3.35. The zero-order valence-corrected chi connectivity index (χ0v) is 14.8. The number of aromatic nitrogens is 1. The second kappa shape index (κ2) is 7.14. The molecule has 132 valence electrons. The molecule has 5 heteroatoms. The van der Waals surface area contributed by atoms with Gasteiger partial charge in [0.05, 0.1) is 36.3 Å². The molecule has 0 aliphatic carbocycles. The first-order chi connectivity index (χ1) is 12.7. The topological polar surface area (TPSA) is 45.7 Å². The van der Waals surface area contributed by atoms with Crippen molar-refractivity contribution in [3.8, 4) is 0 Å². The minimum Gasteiger partial charge on any atom is -0.378 e. The van der Waals surface area contributed by atoms with E-state index in [0.29, 0.717) is 18.8 Å². The third-order valence-corrected chi connectivity index (χ3v) is 4.78. The lowest BCUT2D eigenvalue weighted by molar-refractivity contribution is 0.0993. The van der Waals surface area contributed by atoms with Crippen LogP contribution in [0.2, 0.25) is 0 Å². The third-order valence-electron chi connectivity index (χ3n) is 4.78. The molecule has 5 nitrogen and oxygen atoms in total. The molecule has 26 heavy (non-hydrogen) atoms. The molecule has 0 spiro atoms. The molecule has 1 aromatic heterocycles. The Balaban J connectivity index is 1.64. The van der Waals surface area contributed by atoms with Crippen molar-refractivity contribution in [1.82, 2.24) is 4.98 Å².